The Bertz CT molecular complexity index is 854. The number of nitrogens with zero attached hydrogens (tertiary/aromatic N) is 4. The van der Waals surface area contributed by atoms with E-state index < -0.39 is 4.92 Å². The van der Waals surface area contributed by atoms with Crippen molar-refractivity contribution >= 4 is 42.2 Å². The van der Waals surface area contributed by atoms with Crippen molar-refractivity contribution in [2.75, 3.05) is 0 Å². The molecule has 2 radical (unpaired) electrons. The molecule has 0 bridgehead atoms. The lowest BCUT2D eigenvalue weighted by molar-refractivity contribution is -0.384. The maximum atomic E-state index is 12.8. The predicted octanol–water partition coefficient (Wildman–Crippen LogP) is 2.18. The van der Waals surface area contributed by atoms with Crippen molar-refractivity contribution < 1.29 is 8.81 Å². The number of benzene rings is 1. The van der Waals surface area contributed by atoms with Crippen LogP contribution in [0.2, 0.25) is 0 Å². The SMILES string of the molecule is [B]c1cnc(-c2cccc3c2cnn3SF)c([N+](=O)[O-])c1. The third kappa shape index (κ3) is 2.25. The van der Waals surface area contributed by atoms with Gasteiger partial charge in [0, 0.05) is 23.2 Å². The molecule has 0 spiro atoms. The second-order valence-electron chi connectivity index (χ2n) is 4.22. The number of halogens is 1. The van der Waals surface area contributed by atoms with E-state index in [1.54, 1.807) is 18.2 Å². The summed E-state index contributed by atoms with van der Waals surface area (Å²) in [6, 6.07) is 6.24. The Labute approximate surface area is 124 Å². The maximum Gasteiger partial charge on any atom is 0.294 e. The van der Waals surface area contributed by atoms with Crippen molar-refractivity contribution in [3.8, 4) is 11.3 Å². The number of nitro groups is 1. The zero-order chi connectivity index (χ0) is 15.0. The van der Waals surface area contributed by atoms with Crippen LogP contribution in [0.1, 0.15) is 0 Å². The number of aromatic nitrogens is 3. The Morgan fingerprint density at radius 1 is 1.38 bits per heavy atom. The molecular weight excluding hydrogens is 294 g/mol. The van der Waals surface area contributed by atoms with E-state index in [1.165, 1.54) is 18.5 Å². The molecule has 0 unspecified atom stereocenters. The topological polar surface area (TPSA) is 73.8 Å². The molecule has 0 saturated carbocycles. The van der Waals surface area contributed by atoms with Gasteiger partial charge in [-0.3, -0.25) is 10.1 Å². The molecule has 2 aromatic heterocycles. The smallest absolute Gasteiger partial charge is 0.258 e. The van der Waals surface area contributed by atoms with Crippen molar-refractivity contribution in [3.05, 3.63) is 46.8 Å². The van der Waals surface area contributed by atoms with Gasteiger partial charge >= 0.3 is 0 Å². The van der Waals surface area contributed by atoms with Gasteiger partial charge in [0.25, 0.3) is 5.69 Å². The average molecular weight is 300 g/mol. The lowest BCUT2D eigenvalue weighted by Gasteiger charge is -2.05. The average Bonchev–Trinajstić information content (AvgIpc) is 2.90. The Balaban J connectivity index is 2.31. The van der Waals surface area contributed by atoms with Gasteiger partial charge in [-0.05, 0) is 6.07 Å². The van der Waals surface area contributed by atoms with Gasteiger partial charge < -0.3 is 0 Å². The Hall–Kier alpha value is -2.42. The first kappa shape index (κ1) is 13.6. The highest BCUT2D eigenvalue weighted by Gasteiger charge is 2.20. The van der Waals surface area contributed by atoms with Gasteiger partial charge in [-0.2, -0.15) is 9.19 Å². The number of fused-ring (bicyclic) bond motifs is 1. The van der Waals surface area contributed by atoms with Gasteiger partial charge in [-0.1, -0.05) is 17.6 Å². The van der Waals surface area contributed by atoms with E-state index in [2.05, 4.69) is 10.1 Å². The van der Waals surface area contributed by atoms with Crippen LogP contribution in [-0.4, -0.2) is 26.9 Å². The number of rotatable bonds is 3. The summed E-state index contributed by atoms with van der Waals surface area (Å²) in [4.78, 5) is 14.7. The monoisotopic (exact) mass is 300 g/mol. The normalized spacial score (nSPS) is 10.9. The molecule has 9 heteroatoms. The lowest BCUT2D eigenvalue weighted by Crippen LogP contribution is -2.07. The fourth-order valence-corrected chi connectivity index (χ4v) is 2.42. The number of hydrogen-bond acceptors (Lipinski definition) is 5. The molecule has 21 heavy (non-hydrogen) atoms. The van der Waals surface area contributed by atoms with Crippen LogP contribution < -0.4 is 5.46 Å². The first-order valence-corrected chi connectivity index (χ1v) is 6.45. The molecule has 3 rings (SSSR count). The summed E-state index contributed by atoms with van der Waals surface area (Å²) in [7, 11) is 5.55. The summed E-state index contributed by atoms with van der Waals surface area (Å²) in [5, 5.41) is 15.6. The second kappa shape index (κ2) is 5.17. The Kier molecular flexibility index (Phi) is 3.34. The minimum Gasteiger partial charge on any atom is -0.258 e. The van der Waals surface area contributed by atoms with Gasteiger partial charge in [0.2, 0.25) is 0 Å². The first-order valence-electron chi connectivity index (χ1n) is 5.78. The summed E-state index contributed by atoms with van der Waals surface area (Å²) >= 11 is -0.0469. The molecule has 0 aliphatic carbocycles. The third-order valence-corrected chi connectivity index (χ3v) is 3.41. The highest BCUT2D eigenvalue weighted by molar-refractivity contribution is 7.92. The quantitative estimate of drug-likeness (QED) is 0.421. The van der Waals surface area contributed by atoms with Crippen LogP contribution in [0.25, 0.3) is 22.2 Å². The first-order chi connectivity index (χ1) is 10.1. The lowest BCUT2D eigenvalue weighted by atomic mass is 9.96. The highest BCUT2D eigenvalue weighted by atomic mass is 32.2. The molecule has 1 aromatic carbocycles. The van der Waals surface area contributed by atoms with Crippen molar-refractivity contribution in [1.29, 1.82) is 0 Å². The molecule has 3 aromatic rings. The van der Waals surface area contributed by atoms with Crippen LogP contribution in [-0.2, 0) is 0 Å². The zero-order valence-corrected chi connectivity index (χ0v) is 11.2. The van der Waals surface area contributed by atoms with E-state index in [0.717, 1.165) is 4.09 Å². The highest BCUT2D eigenvalue weighted by Crippen LogP contribution is 2.33. The van der Waals surface area contributed by atoms with Crippen LogP contribution in [0.3, 0.4) is 0 Å². The molecule has 0 fully saturated rings. The van der Waals surface area contributed by atoms with Crippen LogP contribution in [0.5, 0.6) is 0 Å². The molecule has 6 nitrogen and oxygen atoms in total. The summed E-state index contributed by atoms with van der Waals surface area (Å²) < 4.78 is 13.8. The van der Waals surface area contributed by atoms with Gasteiger partial charge in [0.15, 0.2) is 12.3 Å². The molecule has 0 N–H and O–H groups in total. The fourth-order valence-electron chi connectivity index (χ4n) is 2.10. The van der Waals surface area contributed by atoms with E-state index in [1.807, 2.05) is 0 Å². The summed E-state index contributed by atoms with van der Waals surface area (Å²) in [6.45, 7) is 0. The van der Waals surface area contributed by atoms with Crippen LogP contribution in [0, 0.1) is 10.1 Å². The minimum atomic E-state index is -0.550. The second-order valence-corrected chi connectivity index (χ2v) is 4.70. The zero-order valence-electron chi connectivity index (χ0n) is 10.4. The van der Waals surface area contributed by atoms with Crippen molar-refractivity contribution in [2.45, 2.75) is 0 Å². The molecule has 0 amide bonds. The molecule has 2 heterocycles. The summed E-state index contributed by atoms with van der Waals surface area (Å²) in [5.41, 5.74) is 1.17. The van der Waals surface area contributed by atoms with Crippen LogP contribution in [0.4, 0.5) is 9.57 Å². The summed E-state index contributed by atoms with van der Waals surface area (Å²) in [5.74, 6) is 0. The molecular formula is C12H6BFN4O2S. The minimum absolute atomic E-state index is 0.0469. The van der Waals surface area contributed by atoms with E-state index in [-0.39, 0.29) is 29.2 Å². The molecule has 102 valence electrons. The molecule has 0 aliphatic heterocycles. The fraction of sp³-hybridized carbons (Fsp3) is 0. The van der Waals surface area contributed by atoms with Crippen molar-refractivity contribution in [1.82, 2.24) is 14.2 Å². The van der Waals surface area contributed by atoms with E-state index >= 15 is 0 Å². The Morgan fingerprint density at radius 3 is 2.90 bits per heavy atom. The predicted molar refractivity (Wildman–Crippen MR) is 79.1 cm³/mol. The largest absolute Gasteiger partial charge is 0.294 e. The van der Waals surface area contributed by atoms with Crippen LogP contribution >= 0.6 is 12.3 Å². The number of hydrogen-bond donors (Lipinski definition) is 0. The van der Waals surface area contributed by atoms with Gasteiger partial charge in [0.1, 0.15) is 13.5 Å². The maximum absolute atomic E-state index is 12.8. The molecule has 0 aliphatic rings. The van der Waals surface area contributed by atoms with E-state index in [0.29, 0.717) is 16.5 Å². The van der Waals surface area contributed by atoms with Gasteiger partial charge in [-0.25, -0.2) is 4.98 Å². The van der Waals surface area contributed by atoms with Crippen molar-refractivity contribution in [2.24, 2.45) is 0 Å². The van der Waals surface area contributed by atoms with Gasteiger partial charge in [0.05, 0.1) is 16.6 Å². The molecule has 0 atom stereocenters. The third-order valence-electron chi connectivity index (χ3n) is 2.99. The number of pyridine rings is 1. The Morgan fingerprint density at radius 2 is 2.19 bits per heavy atom. The standard InChI is InChI=1S/C12H6BFN4O2S/c13-7-4-11(18(19)20)12(15-5-7)8-2-1-3-10-9(8)6-16-17(10)21-14/h1-6H. The van der Waals surface area contributed by atoms with Crippen LogP contribution in [0.15, 0.2) is 36.7 Å². The van der Waals surface area contributed by atoms with E-state index in [9.17, 15) is 14.0 Å². The molecule has 0 saturated heterocycles. The van der Waals surface area contributed by atoms with Gasteiger partial charge in [-0.15, -0.1) is 3.89 Å². The van der Waals surface area contributed by atoms with Crippen molar-refractivity contribution in [3.63, 3.8) is 0 Å². The summed E-state index contributed by atoms with van der Waals surface area (Å²) in [6.07, 6.45) is 2.79. The van der Waals surface area contributed by atoms with E-state index in [4.69, 9.17) is 7.85 Å².